The van der Waals surface area contributed by atoms with Gasteiger partial charge in [-0.3, -0.25) is 9.58 Å². The van der Waals surface area contributed by atoms with Crippen LogP contribution in [0.4, 0.5) is 0 Å². The van der Waals surface area contributed by atoms with Crippen molar-refractivity contribution in [3.05, 3.63) is 17.0 Å². The molecule has 0 aliphatic carbocycles. The topological polar surface area (TPSA) is 61.5 Å². The van der Waals surface area contributed by atoms with Gasteiger partial charge >= 0.3 is 0 Å². The molecule has 2 N–H and O–H groups in total. The maximum absolute atomic E-state index is 9.51. The molecule has 0 radical (unpaired) electrons. The monoisotopic (exact) mass is 255 g/mol. The lowest BCUT2D eigenvalue weighted by Crippen LogP contribution is -2.34. The Bertz CT molecular complexity index is 377. The van der Waals surface area contributed by atoms with E-state index in [0.717, 1.165) is 25.3 Å². The Hall–Kier alpha value is -0.910. The minimum absolute atomic E-state index is 0.192. The maximum Gasteiger partial charge on any atom is 0.0897 e. The molecule has 1 heterocycles. The predicted octanol–water partition coefficient (Wildman–Crippen LogP) is 0.695. The van der Waals surface area contributed by atoms with Crippen molar-refractivity contribution in [2.45, 2.75) is 46.9 Å². The van der Waals surface area contributed by atoms with Crippen LogP contribution in [0.15, 0.2) is 0 Å². The summed E-state index contributed by atoms with van der Waals surface area (Å²) in [6.45, 7) is 11.0. The fraction of sp³-hybridized carbons (Fsp3) is 0.769. The van der Waals surface area contributed by atoms with Crippen LogP contribution < -0.4 is 0 Å². The van der Waals surface area contributed by atoms with Crippen molar-refractivity contribution < 1.29 is 10.2 Å². The Morgan fingerprint density at radius 2 is 2.00 bits per heavy atom. The molecule has 5 heteroatoms. The second kappa shape index (κ2) is 6.87. The highest BCUT2D eigenvalue weighted by Gasteiger charge is 2.15. The van der Waals surface area contributed by atoms with E-state index < -0.39 is 6.10 Å². The van der Waals surface area contributed by atoms with Crippen molar-refractivity contribution in [3.63, 3.8) is 0 Å². The van der Waals surface area contributed by atoms with Crippen LogP contribution >= 0.6 is 0 Å². The third-order valence-corrected chi connectivity index (χ3v) is 3.34. The van der Waals surface area contributed by atoms with Crippen LogP contribution in [-0.2, 0) is 13.1 Å². The number of hydrogen-bond donors (Lipinski definition) is 2. The fourth-order valence-electron chi connectivity index (χ4n) is 2.16. The van der Waals surface area contributed by atoms with Crippen molar-refractivity contribution in [2.24, 2.45) is 0 Å². The van der Waals surface area contributed by atoms with Gasteiger partial charge in [-0.2, -0.15) is 5.10 Å². The zero-order valence-electron chi connectivity index (χ0n) is 11.8. The van der Waals surface area contributed by atoms with E-state index in [2.05, 4.69) is 30.8 Å². The summed E-state index contributed by atoms with van der Waals surface area (Å²) in [7, 11) is 0. The second-order valence-corrected chi connectivity index (χ2v) is 4.63. The highest BCUT2D eigenvalue weighted by molar-refractivity contribution is 5.24. The highest BCUT2D eigenvalue weighted by atomic mass is 16.3. The lowest BCUT2D eigenvalue weighted by molar-refractivity contribution is 0.0583. The average Bonchev–Trinajstić information content (AvgIpc) is 2.64. The van der Waals surface area contributed by atoms with Gasteiger partial charge in [0.1, 0.15) is 0 Å². The van der Waals surface area contributed by atoms with E-state index in [1.54, 1.807) is 0 Å². The number of hydrogen-bond acceptors (Lipinski definition) is 4. The minimum Gasteiger partial charge on any atom is -0.394 e. The lowest BCUT2D eigenvalue weighted by atomic mass is 10.1. The molecular formula is C13H25N3O2. The summed E-state index contributed by atoms with van der Waals surface area (Å²) >= 11 is 0. The zero-order chi connectivity index (χ0) is 13.7. The highest BCUT2D eigenvalue weighted by Crippen LogP contribution is 2.15. The quantitative estimate of drug-likeness (QED) is 0.753. The summed E-state index contributed by atoms with van der Waals surface area (Å²) in [5.41, 5.74) is 3.46. The Balaban J connectivity index is 2.78. The zero-order valence-corrected chi connectivity index (χ0v) is 11.8. The summed E-state index contributed by atoms with van der Waals surface area (Å²) in [5.74, 6) is 0. The molecule has 0 aliphatic heterocycles. The lowest BCUT2D eigenvalue weighted by Gasteiger charge is -2.22. The number of rotatable bonds is 7. The van der Waals surface area contributed by atoms with Gasteiger partial charge < -0.3 is 10.2 Å². The van der Waals surface area contributed by atoms with Gasteiger partial charge in [-0.1, -0.05) is 6.92 Å². The number of aromatic nitrogens is 2. The summed E-state index contributed by atoms with van der Waals surface area (Å²) in [4.78, 5) is 2.12. The maximum atomic E-state index is 9.51. The van der Waals surface area contributed by atoms with Crippen LogP contribution in [0.2, 0.25) is 0 Å². The molecule has 0 saturated carbocycles. The Kier molecular flexibility index (Phi) is 5.78. The Morgan fingerprint density at radius 1 is 1.33 bits per heavy atom. The standard InChI is InChI=1S/C13H25N3O2/c1-5-15(7-12(18)9-17)8-13-10(3)14-16(6-2)11(13)4/h12,17-18H,5-9H2,1-4H3. The molecule has 18 heavy (non-hydrogen) atoms. The van der Waals surface area contributed by atoms with Gasteiger partial charge in [-0.25, -0.2) is 0 Å². The second-order valence-electron chi connectivity index (χ2n) is 4.63. The van der Waals surface area contributed by atoms with Crippen LogP contribution in [0.3, 0.4) is 0 Å². The summed E-state index contributed by atoms with van der Waals surface area (Å²) in [5, 5.41) is 22.9. The van der Waals surface area contributed by atoms with Crippen molar-refractivity contribution in [1.29, 1.82) is 0 Å². The van der Waals surface area contributed by atoms with E-state index >= 15 is 0 Å². The molecule has 0 amide bonds. The van der Waals surface area contributed by atoms with Gasteiger partial charge in [0.15, 0.2) is 0 Å². The first kappa shape index (κ1) is 15.1. The third kappa shape index (κ3) is 3.54. The SMILES string of the molecule is CCN(Cc1c(C)nn(CC)c1C)CC(O)CO. The molecule has 0 fully saturated rings. The van der Waals surface area contributed by atoms with Crippen LogP contribution in [0.5, 0.6) is 0 Å². The van der Waals surface area contributed by atoms with Gasteiger partial charge in [-0.05, 0) is 27.3 Å². The predicted molar refractivity (Wildman–Crippen MR) is 71.4 cm³/mol. The van der Waals surface area contributed by atoms with Crippen LogP contribution in [0.1, 0.15) is 30.8 Å². The van der Waals surface area contributed by atoms with E-state index in [0.29, 0.717) is 6.54 Å². The third-order valence-electron chi connectivity index (χ3n) is 3.34. The van der Waals surface area contributed by atoms with E-state index in [4.69, 9.17) is 5.11 Å². The summed E-state index contributed by atoms with van der Waals surface area (Å²) < 4.78 is 2.00. The average molecular weight is 255 g/mol. The molecule has 0 aromatic carbocycles. The van der Waals surface area contributed by atoms with Crippen LogP contribution in [-0.4, -0.2) is 50.7 Å². The van der Waals surface area contributed by atoms with Crippen molar-refractivity contribution in [3.8, 4) is 0 Å². The van der Waals surface area contributed by atoms with Crippen LogP contribution in [0, 0.1) is 13.8 Å². The first-order chi connectivity index (χ1) is 8.53. The molecule has 1 aromatic rings. The molecule has 5 nitrogen and oxygen atoms in total. The number of aryl methyl sites for hydroxylation is 2. The molecule has 104 valence electrons. The number of nitrogens with zero attached hydrogens (tertiary/aromatic N) is 3. The molecule has 0 spiro atoms. The molecule has 0 saturated heterocycles. The summed E-state index contributed by atoms with van der Waals surface area (Å²) in [6.07, 6.45) is -0.674. The van der Waals surface area contributed by atoms with Gasteiger partial charge in [-0.15, -0.1) is 0 Å². The van der Waals surface area contributed by atoms with E-state index in [1.165, 1.54) is 11.3 Å². The van der Waals surface area contributed by atoms with E-state index in [1.807, 2.05) is 11.6 Å². The number of aliphatic hydroxyl groups is 2. The van der Waals surface area contributed by atoms with Crippen molar-refractivity contribution >= 4 is 0 Å². The minimum atomic E-state index is -0.674. The summed E-state index contributed by atoms with van der Waals surface area (Å²) in [6, 6.07) is 0. The van der Waals surface area contributed by atoms with Gasteiger partial charge in [0.05, 0.1) is 18.4 Å². The first-order valence-corrected chi connectivity index (χ1v) is 6.57. The molecule has 0 bridgehead atoms. The normalized spacial score (nSPS) is 13.3. The number of aliphatic hydroxyl groups excluding tert-OH is 2. The van der Waals surface area contributed by atoms with E-state index in [-0.39, 0.29) is 6.61 Å². The molecular weight excluding hydrogens is 230 g/mol. The fourth-order valence-corrected chi connectivity index (χ4v) is 2.16. The van der Waals surface area contributed by atoms with Crippen molar-refractivity contribution in [1.82, 2.24) is 14.7 Å². The first-order valence-electron chi connectivity index (χ1n) is 6.57. The molecule has 1 rings (SSSR count). The molecule has 1 aromatic heterocycles. The molecule has 1 unspecified atom stereocenters. The van der Waals surface area contributed by atoms with Gasteiger partial charge in [0.25, 0.3) is 0 Å². The largest absolute Gasteiger partial charge is 0.394 e. The van der Waals surface area contributed by atoms with Gasteiger partial charge in [0.2, 0.25) is 0 Å². The van der Waals surface area contributed by atoms with Crippen molar-refractivity contribution in [2.75, 3.05) is 19.7 Å². The molecule has 1 atom stereocenters. The smallest absolute Gasteiger partial charge is 0.0897 e. The Labute approximate surface area is 109 Å². The number of likely N-dealkylation sites (N-methyl/N-ethyl adjacent to an activating group) is 1. The van der Waals surface area contributed by atoms with Gasteiger partial charge in [0, 0.05) is 30.9 Å². The Morgan fingerprint density at radius 3 is 2.44 bits per heavy atom. The van der Waals surface area contributed by atoms with E-state index in [9.17, 15) is 5.11 Å². The van der Waals surface area contributed by atoms with Crippen LogP contribution in [0.25, 0.3) is 0 Å². The molecule has 0 aliphatic rings.